The van der Waals surface area contributed by atoms with Crippen molar-refractivity contribution in [3.05, 3.63) is 57.0 Å². The predicted molar refractivity (Wildman–Crippen MR) is 83.8 cm³/mol. The van der Waals surface area contributed by atoms with Gasteiger partial charge in [-0.05, 0) is 32.0 Å². The van der Waals surface area contributed by atoms with Crippen LogP contribution in [0.25, 0.3) is 16.9 Å². The molecule has 0 fully saturated rings. The molecule has 5 nitrogen and oxygen atoms in total. The first-order valence-electron chi connectivity index (χ1n) is 6.67. The van der Waals surface area contributed by atoms with Gasteiger partial charge in [0.05, 0.1) is 5.69 Å². The van der Waals surface area contributed by atoms with E-state index in [1.165, 1.54) is 4.52 Å². The zero-order valence-corrected chi connectivity index (χ0v) is 12.3. The van der Waals surface area contributed by atoms with Crippen molar-refractivity contribution < 1.29 is 0 Å². The molecule has 0 saturated carbocycles. The van der Waals surface area contributed by atoms with E-state index in [-0.39, 0.29) is 5.56 Å². The molecular weight excluding hydrogens is 288 g/mol. The largest absolute Gasteiger partial charge is 0.330 e. The fourth-order valence-electron chi connectivity index (χ4n) is 2.41. The summed E-state index contributed by atoms with van der Waals surface area (Å²) in [6.07, 6.45) is 0.520. The van der Waals surface area contributed by atoms with Crippen LogP contribution in [-0.4, -0.2) is 21.1 Å². The molecule has 1 aromatic carbocycles. The minimum Gasteiger partial charge on any atom is -0.330 e. The summed E-state index contributed by atoms with van der Waals surface area (Å²) in [5.74, 6) is 0. The molecule has 0 saturated heterocycles. The molecule has 0 bridgehead atoms. The van der Waals surface area contributed by atoms with Gasteiger partial charge in [-0.25, -0.2) is 9.50 Å². The van der Waals surface area contributed by atoms with Crippen LogP contribution in [0, 0.1) is 6.92 Å². The van der Waals surface area contributed by atoms with Gasteiger partial charge in [0.2, 0.25) is 0 Å². The van der Waals surface area contributed by atoms with E-state index in [0.717, 1.165) is 17.0 Å². The maximum Gasteiger partial charge on any atom is 0.276 e. The number of fused-ring (bicyclic) bond motifs is 1. The zero-order chi connectivity index (χ0) is 15.0. The predicted octanol–water partition coefficient (Wildman–Crippen LogP) is 2.15. The molecule has 0 spiro atoms. The van der Waals surface area contributed by atoms with Crippen LogP contribution in [0.1, 0.15) is 11.3 Å². The minimum absolute atomic E-state index is 0.101. The molecule has 21 heavy (non-hydrogen) atoms. The lowest BCUT2D eigenvalue weighted by Crippen LogP contribution is -2.23. The molecule has 6 heteroatoms. The molecular formula is C15H15ClN4O. The fraction of sp³-hybridized carbons (Fsp3) is 0.200. The lowest BCUT2D eigenvalue weighted by Gasteiger charge is -2.03. The third-order valence-electron chi connectivity index (χ3n) is 3.44. The zero-order valence-electron chi connectivity index (χ0n) is 11.6. The Balaban J connectivity index is 2.21. The molecule has 0 aliphatic heterocycles. The van der Waals surface area contributed by atoms with Gasteiger partial charge in [0.25, 0.3) is 5.56 Å². The highest BCUT2D eigenvalue weighted by molar-refractivity contribution is 6.30. The lowest BCUT2D eigenvalue weighted by atomic mass is 10.1. The molecule has 0 unspecified atom stereocenters. The second-order valence-corrected chi connectivity index (χ2v) is 5.33. The van der Waals surface area contributed by atoms with Gasteiger partial charge >= 0.3 is 0 Å². The van der Waals surface area contributed by atoms with Crippen molar-refractivity contribution in [1.29, 1.82) is 0 Å². The van der Waals surface area contributed by atoms with E-state index in [4.69, 9.17) is 17.3 Å². The molecule has 3 rings (SSSR count). The van der Waals surface area contributed by atoms with E-state index < -0.39 is 0 Å². The minimum atomic E-state index is -0.101. The van der Waals surface area contributed by atoms with Crippen molar-refractivity contribution in [1.82, 2.24) is 14.6 Å². The maximum atomic E-state index is 12.5. The van der Waals surface area contributed by atoms with Crippen LogP contribution in [0.2, 0.25) is 5.02 Å². The highest BCUT2D eigenvalue weighted by Crippen LogP contribution is 2.22. The standard InChI is InChI=1S/C15H15ClN4O/c1-9-12(5-6-17)15(21)20-14(18-9)8-13(19-20)10-3-2-4-11(16)7-10/h2-4,7-8,19H,5-6,17H2,1H3. The second-order valence-electron chi connectivity index (χ2n) is 4.89. The topological polar surface area (TPSA) is 76.2 Å². The Hall–Kier alpha value is -2.11. The summed E-state index contributed by atoms with van der Waals surface area (Å²) in [5, 5.41) is 3.72. The summed E-state index contributed by atoms with van der Waals surface area (Å²) in [5.41, 5.74) is 9.12. The van der Waals surface area contributed by atoms with Crippen LogP contribution in [0.4, 0.5) is 0 Å². The van der Waals surface area contributed by atoms with Gasteiger partial charge in [-0.15, -0.1) is 0 Å². The summed E-state index contributed by atoms with van der Waals surface area (Å²) in [7, 11) is 0. The van der Waals surface area contributed by atoms with E-state index in [9.17, 15) is 4.79 Å². The second kappa shape index (κ2) is 5.35. The smallest absolute Gasteiger partial charge is 0.276 e. The molecule has 3 N–H and O–H groups in total. The highest BCUT2D eigenvalue weighted by Gasteiger charge is 2.12. The summed E-state index contributed by atoms with van der Waals surface area (Å²) in [6, 6.07) is 9.28. The van der Waals surface area contributed by atoms with Crippen molar-refractivity contribution in [2.75, 3.05) is 6.54 Å². The van der Waals surface area contributed by atoms with Crippen molar-refractivity contribution in [2.45, 2.75) is 13.3 Å². The molecule has 0 aliphatic carbocycles. The number of nitrogens with two attached hydrogens (primary N) is 1. The third-order valence-corrected chi connectivity index (χ3v) is 3.68. The van der Waals surface area contributed by atoms with E-state index in [2.05, 4.69) is 10.1 Å². The molecule has 2 aromatic heterocycles. The number of nitrogens with zero attached hydrogens (tertiary/aromatic N) is 2. The van der Waals surface area contributed by atoms with E-state index in [1.807, 2.05) is 37.3 Å². The number of aromatic amines is 1. The first kappa shape index (κ1) is 13.9. The van der Waals surface area contributed by atoms with Gasteiger partial charge in [-0.1, -0.05) is 23.7 Å². The van der Waals surface area contributed by atoms with Gasteiger partial charge in [0.1, 0.15) is 0 Å². The number of nitrogens with one attached hydrogen (secondary N) is 1. The quantitative estimate of drug-likeness (QED) is 0.778. The maximum absolute atomic E-state index is 12.5. The van der Waals surface area contributed by atoms with Gasteiger partial charge in [0, 0.05) is 27.9 Å². The van der Waals surface area contributed by atoms with Crippen molar-refractivity contribution in [3.8, 4) is 11.3 Å². The van der Waals surface area contributed by atoms with Crippen LogP contribution in [0.3, 0.4) is 0 Å². The van der Waals surface area contributed by atoms with Gasteiger partial charge in [0.15, 0.2) is 5.65 Å². The van der Waals surface area contributed by atoms with Crippen LogP contribution < -0.4 is 11.3 Å². The van der Waals surface area contributed by atoms with E-state index >= 15 is 0 Å². The molecule has 0 atom stereocenters. The SMILES string of the molecule is Cc1nc2cc(-c3cccc(Cl)c3)[nH]n2c(=O)c1CCN. The summed E-state index contributed by atoms with van der Waals surface area (Å²) < 4.78 is 1.45. The number of aromatic nitrogens is 3. The van der Waals surface area contributed by atoms with E-state index in [0.29, 0.717) is 29.2 Å². The number of hydrogen-bond acceptors (Lipinski definition) is 3. The van der Waals surface area contributed by atoms with Crippen LogP contribution in [0.15, 0.2) is 35.1 Å². The highest BCUT2D eigenvalue weighted by atomic mass is 35.5. The molecule has 2 heterocycles. The monoisotopic (exact) mass is 302 g/mol. The number of halogens is 1. The normalized spacial score (nSPS) is 11.2. The van der Waals surface area contributed by atoms with Crippen molar-refractivity contribution in [3.63, 3.8) is 0 Å². The Bertz CT molecular complexity index is 866. The number of aryl methyl sites for hydroxylation is 1. The fourth-order valence-corrected chi connectivity index (χ4v) is 2.60. The van der Waals surface area contributed by atoms with Crippen molar-refractivity contribution in [2.24, 2.45) is 5.73 Å². The molecule has 0 amide bonds. The Labute approximate surface area is 126 Å². The first-order valence-corrected chi connectivity index (χ1v) is 7.05. The van der Waals surface area contributed by atoms with Gasteiger partial charge < -0.3 is 5.73 Å². The van der Waals surface area contributed by atoms with Crippen LogP contribution in [-0.2, 0) is 6.42 Å². The lowest BCUT2D eigenvalue weighted by molar-refractivity contribution is 0.835. The Morgan fingerprint density at radius 1 is 1.38 bits per heavy atom. The summed E-state index contributed by atoms with van der Waals surface area (Å²) in [6.45, 7) is 2.25. The summed E-state index contributed by atoms with van der Waals surface area (Å²) >= 11 is 6.00. The molecule has 0 aliphatic rings. The van der Waals surface area contributed by atoms with Crippen LogP contribution >= 0.6 is 11.6 Å². The molecule has 3 aromatic rings. The Kier molecular flexibility index (Phi) is 3.53. The Morgan fingerprint density at radius 3 is 2.90 bits per heavy atom. The number of H-pyrrole nitrogens is 1. The van der Waals surface area contributed by atoms with Crippen molar-refractivity contribution >= 4 is 17.2 Å². The average molecular weight is 303 g/mol. The Morgan fingerprint density at radius 2 is 2.19 bits per heavy atom. The number of rotatable bonds is 3. The van der Waals surface area contributed by atoms with Gasteiger partial charge in [-0.3, -0.25) is 9.89 Å². The van der Waals surface area contributed by atoms with E-state index in [1.54, 1.807) is 0 Å². The summed E-state index contributed by atoms with van der Waals surface area (Å²) in [4.78, 5) is 16.9. The first-order chi connectivity index (χ1) is 10.1. The van der Waals surface area contributed by atoms with Gasteiger partial charge in [-0.2, -0.15) is 0 Å². The number of hydrogen-bond donors (Lipinski definition) is 2. The third kappa shape index (κ3) is 2.46. The number of benzene rings is 1. The molecule has 0 radical (unpaired) electrons. The average Bonchev–Trinajstić information content (AvgIpc) is 2.87. The molecule has 108 valence electrons. The van der Waals surface area contributed by atoms with Crippen LogP contribution in [0.5, 0.6) is 0 Å².